The molecule has 0 N–H and O–H groups in total. The van der Waals surface area contributed by atoms with Crippen molar-refractivity contribution in [3.63, 3.8) is 0 Å². The van der Waals surface area contributed by atoms with E-state index in [1.165, 1.54) is 0 Å². The van der Waals surface area contributed by atoms with Crippen molar-refractivity contribution in [2.75, 3.05) is 14.2 Å². The molecule has 1 aliphatic rings. The standard InChI is InChI=1S/C18H20O3/c1-19-17(15-9-5-3-6-10-15)13-14-18(20-2,21-17)16-11-7-4-8-12-16/h3-12H,13-14H2,1-2H3. The molecule has 0 spiro atoms. The molecule has 1 heterocycles. The molecule has 2 aromatic carbocycles. The molecule has 2 aromatic rings. The number of hydrogen-bond donors (Lipinski definition) is 0. The molecular weight excluding hydrogens is 264 g/mol. The Balaban J connectivity index is 1.99. The molecule has 0 radical (unpaired) electrons. The molecule has 2 atom stereocenters. The SMILES string of the molecule is COC1(c2ccccc2)CCC(OC)(c2ccccc2)O1. The van der Waals surface area contributed by atoms with Gasteiger partial charge in [-0.25, -0.2) is 0 Å². The average Bonchev–Trinajstić information content (AvgIpc) is 2.98. The van der Waals surface area contributed by atoms with E-state index in [1.807, 2.05) is 60.7 Å². The van der Waals surface area contributed by atoms with Crippen molar-refractivity contribution in [1.29, 1.82) is 0 Å². The molecule has 3 rings (SSSR count). The van der Waals surface area contributed by atoms with Gasteiger partial charge in [0, 0.05) is 38.2 Å². The molecule has 0 saturated carbocycles. The number of benzene rings is 2. The van der Waals surface area contributed by atoms with E-state index in [2.05, 4.69) is 0 Å². The lowest BCUT2D eigenvalue weighted by Gasteiger charge is -2.33. The van der Waals surface area contributed by atoms with Gasteiger partial charge in [-0.3, -0.25) is 0 Å². The van der Waals surface area contributed by atoms with Gasteiger partial charge >= 0.3 is 0 Å². The summed E-state index contributed by atoms with van der Waals surface area (Å²) >= 11 is 0. The molecule has 0 aromatic heterocycles. The number of methoxy groups -OCH3 is 2. The number of hydrogen-bond acceptors (Lipinski definition) is 3. The molecule has 0 bridgehead atoms. The predicted molar refractivity (Wildman–Crippen MR) is 80.6 cm³/mol. The van der Waals surface area contributed by atoms with Gasteiger partial charge < -0.3 is 14.2 Å². The highest BCUT2D eigenvalue weighted by atomic mass is 16.8. The van der Waals surface area contributed by atoms with Crippen molar-refractivity contribution < 1.29 is 14.2 Å². The zero-order valence-electron chi connectivity index (χ0n) is 12.4. The quantitative estimate of drug-likeness (QED) is 0.854. The molecule has 1 saturated heterocycles. The van der Waals surface area contributed by atoms with E-state index in [0.717, 1.165) is 24.0 Å². The second kappa shape index (κ2) is 5.60. The Labute approximate surface area is 125 Å². The first-order valence-electron chi connectivity index (χ1n) is 7.16. The van der Waals surface area contributed by atoms with Gasteiger partial charge in [-0.2, -0.15) is 0 Å². The summed E-state index contributed by atoms with van der Waals surface area (Å²) in [6, 6.07) is 20.1. The van der Waals surface area contributed by atoms with E-state index >= 15 is 0 Å². The van der Waals surface area contributed by atoms with Gasteiger partial charge in [-0.15, -0.1) is 0 Å². The third kappa shape index (κ3) is 2.38. The highest BCUT2D eigenvalue weighted by Crippen LogP contribution is 2.50. The Bertz CT molecular complexity index is 530. The van der Waals surface area contributed by atoms with Crippen LogP contribution in [-0.4, -0.2) is 14.2 Å². The van der Waals surface area contributed by atoms with Crippen molar-refractivity contribution in [3.8, 4) is 0 Å². The molecule has 0 amide bonds. The van der Waals surface area contributed by atoms with E-state index < -0.39 is 11.6 Å². The third-order valence-corrected chi connectivity index (χ3v) is 4.20. The average molecular weight is 284 g/mol. The van der Waals surface area contributed by atoms with Crippen LogP contribution in [0.1, 0.15) is 24.0 Å². The maximum atomic E-state index is 6.36. The lowest BCUT2D eigenvalue weighted by Crippen LogP contribution is -2.35. The van der Waals surface area contributed by atoms with Gasteiger partial charge in [0.15, 0.2) is 11.6 Å². The fraction of sp³-hybridized carbons (Fsp3) is 0.333. The summed E-state index contributed by atoms with van der Waals surface area (Å²) in [7, 11) is 3.37. The molecule has 3 heteroatoms. The van der Waals surface area contributed by atoms with Crippen molar-refractivity contribution in [2.24, 2.45) is 0 Å². The van der Waals surface area contributed by atoms with E-state index in [1.54, 1.807) is 14.2 Å². The number of ether oxygens (including phenoxy) is 3. The molecule has 1 aliphatic heterocycles. The second-order valence-electron chi connectivity index (χ2n) is 5.25. The van der Waals surface area contributed by atoms with Crippen LogP contribution < -0.4 is 0 Å². The molecule has 2 unspecified atom stereocenters. The van der Waals surface area contributed by atoms with Gasteiger partial charge in [-0.1, -0.05) is 60.7 Å². The van der Waals surface area contributed by atoms with E-state index in [9.17, 15) is 0 Å². The summed E-state index contributed by atoms with van der Waals surface area (Å²) in [5, 5.41) is 0. The minimum Gasteiger partial charge on any atom is -0.349 e. The summed E-state index contributed by atoms with van der Waals surface area (Å²) in [6.45, 7) is 0. The van der Waals surface area contributed by atoms with Crippen molar-refractivity contribution >= 4 is 0 Å². The van der Waals surface area contributed by atoms with Gasteiger partial charge in [0.2, 0.25) is 0 Å². The largest absolute Gasteiger partial charge is 0.349 e. The van der Waals surface area contributed by atoms with E-state index in [4.69, 9.17) is 14.2 Å². The van der Waals surface area contributed by atoms with Crippen LogP contribution >= 0.6 is 0 Å². The molecule has 110 valence electrons. The van der Waals surface area contributed by atoms with Gasteiger partial charge in [0.1, 0.15) is 0 Å². The molecular formula is C18H20O3. The third-order valence-electron chi connectivity index (χ3n) is 4.20. The zero-order chi connectivity index (χ0) is 14.8. The Hall–Kier alpha value is -1.68. The molecule has 1 fully saturated rings. The van der Waals surface area contributed by atoms with Crippen molar-refractivity contribution in [1.82, 2.24) is 0 Å². The van der Waals surface area contributed by atoms with E-state index in [-0.39, 0.29) is 0 Å². The minimum atomic E-state index is -0.757. The monoisotopic (exact) mass is 284 g/mol. The van der Waals surface area contributed by atoms with Crippen LogP contribution in [0.4, 0.5) is 0 Å². The molecule has 0 aliphatic carbocycles. The Morgan fingerprint density at radius 1 is 0.714 bits per heavy atom. The van der Waals surface area contributed by atoms with Crippen molar-refractivity contribution in [3.05, 3.63) is 71.8 Å². The highest BCUT2D eigenvalue weighted by molar-refractivity contribution is 5.26. The maximum Gasteiger partial charge on any atom is 0.198 e. The van der Waals surface area contributed by atoms with Crippen LogP contribution in [0.2, 0.25) is 0 Å². The maximum absolute atomic E-state index is 6.36. The van der Waals surface area contributed by atoms with Gasteiger partial charge in [0.05, 0.1) is 0 Å². The predicted octanol–water partition coefficient (Wildman–Crippen LogP) is 3.80. The topological polar surface area (TPSA) is 27.7 Å². The van der Waals surface area contributed by atoms with Crippen LogP contribution in [0, 0.1) is 0 Å². The highest BCUT2D eigenvalue weighted by Gasteiger charge is 2.52. The second-order valence-corrected chi connectivity index (χ2v) is 5.25. The van der Waals surface area contributed by atoms with Crippen LogP contribution in [0.25, 0.3) is 0 Å². The van der Waals surface area contributed by atoms with Crippen molar-refractivity contribution in [2.45, 2.75) is 24.4 Å². The lowest BCUT2D eigenvalue weighted by atomic mass is 9.99. The van der Waals surface area contributed by atoms with Crippen LogP contribution in [0.5, 0.6) is 0 Å². The van der Waals surface area contributed by atoms with Crippen LogP contribution in [0.3, 0.4) is 0 Å². The lowest BCUT2D eigenvalue weighted by molar-refractivity contribution is -0.320. The fourth-order valence-electron chi connectivity index (χ4n) is 3.01. The Kier molecular flexibility index (Phi) is 3.81. The van der Waals surface area contributed by atoms with Crippen LogP contribution in [-0.2, 0) is 25.8 Å². The summed E-state index contributed by atoms with van der Waals surface area (Å²) in [5.74, 6) is -1.51. The zero-order valence-corrected chi connectivity index (χ0v) is 12.4. The molecule has 21 heavy (non-hydrogen) atoms. The Morgan fingerprint density at radius 2 is 1.10 bits per heavy atom. The van der Waals surface area contributed by atoms with Gasteiger partial charge in [0.25, 0.3) is 0 Å². The first-order valence-corrected chi connectivity index (χ1v) is 7.16. The molecule has 3 nitrogen and oxygen atoms in total. The van der Waals surface area contributed by atoms with Gasteiger partial charge in [-0.05, 0) is 0 Å². The van der Waals surface area contributed by atoms with Crippen LogP contribution in [0.15, 0.2) is 60.7 Å². The summed E-state index contributed by atoms with van der Waals surface area (Å²) in [5.41, 5.74) is 2.03. The first-order chi connectivity index (χ1) is 10.2. The summed E-state index contributed by atoms with van der Waals surface area (Å²) in [6.07, 6.45) is 1.49. The smallest absolute Gasteiger partial charge is 0.198 e. The Morgan fingerprint density at radius 3 is 1.43 bits per heavy atom. The summed E-state index contributed by atoms with van der Waals surface area (Å²) in [4.78, 5) is 0. The minimum absolute atomic E-state index is 0.746. The number of rotatable bonds is 4. The normalized spacial score (nSPS) is 28.7. The van der Waals surface area contributed by atoms with E-state index in [0.29, 0.717) is 0 Å². The first kappa shape index (κ1) is 14.3. The fourth-order valence-corrected chi connectivity index (χ4v) is 3.01. The summed E-state index contributed by atoms with van der Waals surface area (Å²) < 4.78 is 17.9.